The molecule has 21 heavy (non-hydrogen) atoms. The van der Waals surface area contributed by atoms with Gasteiger partial charge in [-0.2, -0.15) is 11.8 Å². The minimum Gasteiger partial charge on any atom is -0.316 e. The SMILES string of the molecule is CCSC1CCCC1NS(=O)(=O)c1cccc(CNC)c1. The number of rotatable bonds is 7. The van der Waals surface area contributed by atoms with Gasteiger partial charge in [-0.05, 0) is 43.3 Å². The van der Waals surface area contributed by atoms with Crippen molar-refractivity contribution in [2.45, 2.75) is 48.9 Å². The zero-order chi connectivity index (χ0) is 15.3. The fourth-order valence-electron chi connectivity index (χ4n) is 2.77. The Morgan fingerprint density at radius 3 is 2.86 bits per heavy atom. The van der Waals surface area contributed by atoms with Gasteiger partial charge in [-0.3, -0.25) is 0 Å². The largest absolute Gasteiger partial charge is 0.316 e. The molecule has 2 atom stereocenters. The first-order chi connectivity index (χ1) is 10.1. The van der Waals surface area contributed by atoms with E-state index >= 15 is 0 Å². The number of sulfonamides is 1. The lowest BCUT2D eigenvalue weighted by Crippen LogP contribution is -2.38. The minimum atomic E-state index is -3.43. The van der Waals surface area contributed by atoms with Crippen molar-refractivity contribution in [2.24, 2.45) is 0 Å². The molecule has 118 valence electrons. The summed E-state index contributed by atoms with van der Waals surface area (Å²) in [6.07, 6.45) is 3.14. The van der Waals surface area contributed by atoms with E-state index in [1.165, 1.54) is 0 Å². The molecule has 1 saturated carbocycles. The molecule has 1 aliphatic carbocycles. The summed E-state index contributed by atoms with van der Waals surface area (Å²) in [5.41, 5.74) is 0.978. The second kappa shape index (κ2) is 7.63. The van der Waals surface area contributed by atoms with Crippen molar-refractivity contribution in [3.63, 3.8) is 0 Å². The molecule has 0 saturated heterocycles. The lowest BCUT2D eigenvalue weighted by atomic mass is 10.2. The van der Waals surface area contributed by atoms with Gasteiger partial charge in [-0.15, -0.1) is 0 Å². The lowest BCUT2D eigenvalue weighted by Gasteiger charge is -2.20. The molecule has 0 heterocycles. The quantitative estimate of drug-likeness (QED) is 0.807. The normalized spacial score (nSPS) is 22.6. The van der Waals surface area contributed by atoms with Crippen LogP contribution in [-0.2, 0) is 16.6 Å². The van der Waals surface area contributed by atoms with Crippen LogP contribution in [0.25, 0.3) is 0 Å². The first kappa shape index (κ1) is 16.8. The lowest BCUT2D eigenvalue weighted by molar-refractivity contribution is 0.555. The third-order valence-corrected chi connectivity index (χ3v) is 6.54. The highest BCUT2D eigenvalue weighted by atomic mass is 32.2. The van der Waals surface area contributed by atoms with Crippen LogP contribution in [0.5, 0.6) is 0 Å². The van der Waals surface area contributed by atoms with Gasteiger partial charge in [0.1, 0.15) is 0 Å². The molecule has 0 radical (unpaired) electrons. The van der Waals surface area contributed by atoms with Crippen molar-refractivity contribution < 1.29 is 8.42 Å². The molecule has 1 aliphatic rings. The standard InChI is InChI=1S/C15H24N2O2S2/c1-3-20-15-9-5-8-14(15)17-21(18,19)13-7-4-6-12(10-13)11-16-2/h4,6-7,10,14-17H,3,5,8-9,11H2,1-2H3. The highest BCUT2D eigenvalue weighted by Gasteiger charge is 2.31. The first-order valence-electron chi connectivity index (χ1n) is 7.44. The van der Waals surface area contributed by atoms with Crippen LogP contribution < -0.4 is 10.0 Å². The third kappa shape index (κ3) is 4.45. The molecular weight excluding hydrogens is 304 g/mol. The van der Waals surface area contributed by atoms with Gasteiger partial charge in [-0.25, -0.2) is 13.1 Å². The molecular formula is C15H24N2O2S2. The zero-order valence-corrected chi connectivity index (χ0v) is 14.3. The molecule has 4 nitrogen and oxygen atoms in total. The van der Waals surface area contributed by atoms with E-state index in [0.29, 0.717) is 16.7 Å². The van der Waals surface area contributed by atoms with Crippen molar-refractivity contribution in [3.8, 4) is 0 Å². The predicted molar refractivity (Wildman–Crippen MR) is 89.1 cm³/mol. The molecule has 0 bridgehead atoms. The van der Waals surface area contributed by atoms with Crippen molar-refractivity contribution >= 4 is 21.8 Å². The van der Waals surface area contributed by atoms with E-state index in [1.807, 2.05) is 24.9 Å². The molecule has 0 aromatic heterocycles. The predicted octanol–water partition coefficient (Wildman–Crippen LogP) is 2.36. The number of hydrogen-bond acceptors (Lipinski definition) is 4. The van der Waals surface area contributed by atoms with Gasteiger partial charge < -0.3 is 5.32 Å². The van der Waals surface area contributed by atoms with E-state index in [1.54, 1.807) is 18.2 Å². The number of benzene rings is 1. The van der Waals surface area contributed by atoms with Gasteiger partial charge in [0.2, 0.25) is 10.0 Å². The van der Waals surface area contributed by atoms with E-state index < -0.39 is 10.0 Å². The van der Waals surface area contributed by atoms with Gasteiger partial charge in [0.05, 0.1) is 4.90 Å². The topological polar surface area (TPSA) is 58.2 Å². The van der Waals surface area contributed by atoms with E-state index in [2.05, 4.69) is 17.0 Å². The minimum absolute atomic E-state index is 0.0629. The van der Waals surface area contributed by atoms with Crippen LogP contribution in [0, 0.1) is 0 Å². The second-order valence-corrected chi connectivity index (χ2v) is 8.56. The van der Waals surface area contributed by atoms with Gasteiger partial charge in [0, 0.05) is 17.8 Å². The summed E-state index contributed by atoms with van der Waals surface area (Å²) in [5.74, 6) is 1.03. The summed E-state index contributed by atoms with van der Waals surface area (Å²) in [7, 11) is -1.58. The summed E-state index contributed by atoms with van der Waals surface area (Å²) >= 11 is 1.86. The van der Waals surface area contributed by atoms with Crippen molar-refractivity contribution in [3.05, 3.63) is 29.8 Å². The Labute approximate surface area is 132 Å². The average molecular weight is 329 g/mol. The summed E-state index contributed by atoms with van der Waals surface area (Å²) < 4.78 is 28.0. The Kier molecular flexibility index (Phi) is 6.10. The van der Waals surface area contributed by atoms with Crippen LogP contribution in [0.4, 0.5) is 0 Å². The van der Waals surface area contributed by atoms with Crippen LogP contribution in [-0.4, -0.2) is 32.5 Å². The highest BCUT2D eigenvalue weighted by molar-refractivity contribution is 8.00. The summed E-state index contributed by atoms with van der Waals surface area (Å²) in [6, 6.07) is 7.20. The summed E-state index contributed by atoms with van der Waals surface area (Å²) in [5, 5.41) is 3.45. The summed E-state index contributed by atoms with van der Waals surface area (Å²) in [6.45, 7) is 2.79. The van der Waals surface area contributed by atoms with Crippen LogP contribution >= 0.6 is 11.8 Å². The summed E-state index contributed by atoms with van der Waals surface area (Å²) in [4.78, 5) is 0.363. The van der Waals surface area contributed by atoms with Gasteiger partial charge in [0.15, 0.2) is 0 Å². The molecule has 0 aliphatic heterocycles. The fraction of sp³-hybridized carbons (Fsp3) is 0.600. The van der Waals surface area contributed by atoms with E-state index in [4.69, 9.17) is 0 Å². The fourth-order valence-corrected chi connectivity index (χ4v) is 5.43. The Morgan fingerprint density at radius 2 is 2.14 bits per heavy atom. The number of thioether (sulfide) groups is 1. The Bertz CT molecular complexity index is 561. The van der Waals surface area contributed by atoms with E-state index in [-0.39, 0.29) is 6.04 Å². The molecule has 1 aromatic carbocycles. The van der Waals surface area contributed by atoms with Gasteiger partial charge >= 0.3 is 0 Å². The monoisotopic (exact) mass is 328 g/mol. The molecule has 0 amide bonds. The molecule has 6 heteroatoms. The molecule has 0 spiro atoms. The number of nitrogens with one attached hydrogen (secondary N) is 2. The van der Waals surface area contributed by atoms with Crippen molar-refractivity contribution in [1.82, 2.24) is 10.0 Å². The molecule has 2 rings (SSSR count). The average Bonchev–Trinajstić information content (AvgIpc) is 2.87. The van der Waals surface area contributed by atoms with Crippen LogP contribution in [0.1, 0.15) is 31.7 Å². The highest BCUT2D eigenvalue weighted by Crippen LogP contribution is 2.30. The van der Waals surface area contributed by atoms with Gasteiger partial charge in [0.25, 0.3) is 0 Å². The maximum Gasteiger partial charge on any atom is 0.240 e. The third-order valence-electron chi connectivity index (χ3n) is 3.73. The second-order valence-electron chi connectivity index (χ2n) is 5.33. The van der Waals surface area contributed by atoms with E-state index in [9.17, 15) is 8.42 Å². The molecule has 1 aromatic rings. The Balaban J connectivity index is 2.12. The van der Waals surface area contributed by atoms with Crippen LogP contribution in [0.15, 0.2) is 29.2 Å². The Hall–Kier alpha value is -0.560. The first-order valence-corrected chi connectivity index (χ1v) is 9.97. The van der Waals surface area contributed by atoms with Crippen molar-refractivity contribution in [2.75, 3.05) is 12.8 Å². The van der Waals surface area contributed by atoms with Crippen molar-refractivity contribution in [1.29, 1.82) is 0 Å². The maximum atomic E-state index is 12.6. The van der Waals surface area contributed by atoms with E-state index in [0.717, 1.165) is 30.6 Å². The van der Waals surface area contributed by atoms with Crippen LogP contribution in [0.2, 0.25) is 0 Å². The smallest absolute Gasteiger partial charge is 0.240 e. The zero-order valence-electron chi connectivity index (χ0n) is 12.6. The molecule has 2 N–H and O–H groups in total. The number of hydrogen-bond donors (Lipinski definition) is 2. The molecule has 1 fully saturated rings. The van der Waals surface area contributed by atoms with Gasteiger partial charge in [-0.1, -0.05) is 25.5 Å². The maximum absolute atomic E-state index is 12.6. The Morgan fingerprint density at radius 1 is 1.33 bits per heavy atom. The van der Waals surface area contributed by atoms with Crippen LogP contribution in [0.3, 0.4) is 0 Å². The molecule has 2 unspecified atom stereocenters.